The molecule has 154 valence electrons. The van der Waals surface area contributed by atoms with E-state index in [1.54, 1.807) is 6.92 Å². The second-order valence-corrected chi connectivity index (χ2v) is 8.28. The van der Waals surface area contributed by atoms with E-state index in [0.29, 0.717) is 24.4 Å². The highest BCUT2D eigenvalue weighted by Gasteiger charge is 2.60. The molecule has 0 aromatic carbocycles. The summed E-state index contributed by atoms with van der Waals surface area (Å²) in [5, 5.41) is 39.6. The second kappa shape index (κ2) is 8.39. The van der Waals surface area contributed by atoms with Crippen molar-refractivity contribution in [2.75, 3.05) is 26.4 Å². The molecule has 0 spiro atoms. The van der Waals surface area contributed by atoms with Gasteiger partial charge in [-0.1, -0.05) is 34.6 Å². The molecule has 2 heterocycles. The fraction of sp³-hybridized carbons (Fsp3) is 1.00. The lowest BCUT2D eigenvalue weighted by Gasteiger charge is -2.44. The quantitative estimate of drug-likeness (QED) is 0.513. The van der Waals surface area contributed by atoms with Crippen molar-refractivity contribution in [3.63, 3.8) is 0 Å². The maximum absolute atomic E-state index is 10.2. The van der Waals surface area contributed by atoms with Crippen LogP contribution in [0.5, 0.6) is 0 Å². The Hall–Kier alpha value is -0.280. The summed E-state index contributed by atoms with van der Waals surface area (Å²) in [5.41, 5.74) is -1.27. The van der Waals surface area contributed by atoms with Crippen LogP contribution in [0, 0.1) is 23.7 Å². The van der Waals surface area contributed by atoms with Crippen LogP contribution in [-0.2, 0) is 14.2 Å². The Balaban J connectivity index is 1.99. The molecule has 2 rings (SSSR count). The number of aliphatic hydroxyl groups is 4. The van der Waals surface area contributed by atoms with Gasteiger partial charge in [0.2, 0.25) is 5.79 Å². The van der Waals surface area contributed by atoms with E-state index in [4.69, 9.17) is 14.2 Å². The van der Waals surface area contributed by atoms with Crippen molar-refractivity contribution in [2.24, 2.45) is 23.7 Å². The summed E-state index contributed by atoms with van der Waals surface area (Å²) < 4.78 is 17.5. The van der Waals surface area contributed by atoms with E-state index < -0.39 is 36.6 Å². The summed E-state index contributed by atoms with van der Waals surface area (Å²) in [6.07, 6.45) is -0.214. The van der Waals surface area contributed by atoms with Crippen LogP contribution < -0.4 is 0 Å². The van der Waals surface area contributed by atoms with Crippen molar-refractivity contribution < 1.29 is 34.6 Å². The minimum Gasteiger partial charge on any atom is -0.393 e. The number of aliphatic hydroxyl groups excluding tert-OH is 3. The molecule has 4 N–H and O–H groups in total. The van der Waals surface area contributed by atoms with Crippen molar-refractivity contribution in [3.05, 3.63) is 0 Å². The maximum Gasteiger partial charge on any atom is 0.217 e. The maximum atomic E-state index is 10.2. The molecule has 2 aliphatic heterocycles. The van der Waals surface area contributed by atoms with Crippen molar-refractivity contribution in [1.29, 1.82) is 0 Å². The average molecular weight is 376 g/mol. The van der Waals surface area contributed by atoms with Crippen LogP contribution in [-0.4, -0.2) is 76.6 Å². The van der Waals surface area contributed by atoms with Crippen molar-refractivity contribution in [1.82, 2.24) is 0 Å². The van der Waals surface area contributed by atoms with Gasteiger partial charge in [-0.05, 0) is 24.2 Å². The highest BCUT2D eigenvalue weighted by molar-refractivity contribution is 5.03. The van der Waals surface area contributed by atoms with Crippen molar-refractivity contribution >= 4 is 0 Å². The molecular weight excluding hydrogens is 340 g/mol. The summed E-state index contributed by atoms with van der Waals surface area (Å²) >= 11 is 0. The van der Waals surface area contributed by atoms with E-state index in [1.807, 2.05) is 0 Å². The van der Waals surface area contributed by atoms with Crippen LogP contribution in [0.25, 0.3) is 0 Å². The summed E-state index contributed by atoms with van der Waals surface area (Å²) in [6.45, 7) is 9.56. The van der Waals surface area contributed by atoms with Gasteiger partial charge in [0.25, 0.3) is 0 Å². The zero-order valence-electron chi connectivity index (χ0n) is 16.6. The van der Waals surface area contributed by atoms with Gasteiger partial charge >= 0.3 is 0 Å². The normalized spacial score (nSPS) is 49.5. The fourth-order valence-electron chi connectivity index (χ4n) is 4.33. The molecule has 3 unspecified atom stereocenters. The number of hydrogen-bond donors (Lipinski definition) is 4. The highest BCUT2D eigenvalue weighted by atomic mass is 16.7. The monoisotopic (exact) mass is 376 g/mol. The first-order valence-electron chi connectivity index (χ1n) is 9.71. The SMILES string of the molecule is CCC1O[C@H](COC[C@]2(CO)O[C@@](O)(CO)C(O)[C@H]2C)C(C)[C@H](C)[C@@H]1C. The first-order chi connectivity index (χ1) is 12.2. The Morgan fingerprint density at radius 2 is 1.58 bits per heavy atom. The molecule has 26 heavy (non-hydrogen) atoms. The molecular formula is C19H36O7. The Kier molecular flexibility index (Phi) is 7.10. The summed E-state index contributed by atoms with van der Waals surface area (Å²) in [5.74, 6) is -1.35. The highest BCUT2D eigenvalue weighted by Crippen LogP contribution is 2.42. The Bertz CT molecular complexity index is 459. The van der Waals surface area contributed by atoms with Crippen LogP contribution in [0.3, 0.4) is 0 Å². The van der Waals surface area contributed by atoms with E-state index >= 15 is 0 Å². The third kappa shape index (κ3) is 3.81. The van der Waals surface area contributed by atoms with Gasteiger partial charge in [0.15, 0.2) is 0 Å². The number of ether oxygens (including phenoxy) is 3. The number of rotatable bonds is 7. The summed E-state index contributed by atoms with van der Waals surface area (Å²) in [7, 11) is 0. The molecule has 0 radical (unpaired) electrons. The predicted molar refractivity (Wildman–Crippen MR) is 95.4 cm³/mol. The molecule has 0 aromatic heterocycles. The van der Waals surface area contributed by atoms with Crippen molar-refractivity contribution in [3.8, 4) is 0 Å². The lowest BCUT2D eigenvalue weighted by Crippen LogP contribution is -2.49. The van der Waals surface area contributed by atoms with Crippen LogP contribution in [0.2, 0.25) is 0 Å². The third-order valence-corrected chi connectivity index (χ3v) is 6.85. The van der Waals surface area contributed by atoms with Crippen LogP contribution >= 0.6 is 0 Å². The fourth-order valence-corrected chi connectivity index (χ4v) is 4.33. The van der Waals surface area contributed by atoms with Gasteiger partial charge in [0.05, 0.1) is 38.6 Å². The van der Waals surface area contributed by atoms with Crippen LogP contribution in [0.15, 0.2) is 0 Å². The third-order valence-electron chi connectivity index (χ3n) is 6.85. The molecule has 9 atom stereocenters. The summed E-state index contributed by atoms with van der Waals surface area (Å²) in [6, 6.07) is 0. The molecule has 2 saturated heterocycles. The molecule has 2 fully saturated rings. The van der Waals surface area contributed by atoms with Crippen LogP contribution in [0.1, 0.15) is 41.0 Å². The first-order valence-corrected chi connectivity index (χ1v) is 9.71. The minimum absolute atomic E-state index is 0.00264. The summed E-state index contributed by atoms with van der Waals surface area (Å²) in [4.78, 5) is 0. The predicted octanol–water partition coefficient (Wildman–Crippen LogP) is 0.528. The molecule has 0 saturated carbocycles. The van der Waals surface area contributed by atoms with E-state index in [2.05, 4.69) is 27.7 Å². The van der Waals surface area contributed by atoms with E-state index in [0.717, 1.165) is 6.42 Å². The molecule has 7 heteroatoms. The molecule has 0 aromatic rings. The molecule has 7 nitrogen and oxygen atoms in total. The van der Waals surface area contributed by atoms with E-state index in [9.17, 15) is 20.4 Å². The molecule has 0 aliphatic carbocycles. The Morgan fingerprint density at radius 1 is 0.962 bits per heavy atom. The second-order valence-electron chi connectivity index (χ2n) is 8.28. The van der Waals surface area contributed by atoms with Gasteiger partial charge in [-0.25, -0.2) is 0 Å². The van der Waals surface area contributed by atoms with Gasteiger partial charge in [-0.2, -0.15) is 0 Å². The van der Waals surface area contributed by atoms with Gasteiger partial charge in [0.1, 0.15) is 11.7 Å². The lowest BCUT2D eigenvalue weighted by atomic mass is 9.76. The largest absolute Gasteiger partial charge is 0.393 e. The number of hydrogen-bond acceptors (Lipinski definition) is 7. The van der Waals surface area contributed by atoms with Gasteiger partial charge in [0, 0.05) is 5.92 Å². The van der Waals surface area contributed by atoms with Gasteiger partial charge in [-0.3, -0.25) is 0 Å². The van der Waals surface area contributed by atoms with Crippen molar-refractivity contribution in [2.45, 2.75) is 70.7 Å². The molecule has 0 amide bonds. The van der Waals surface area contributed by atoms with Crippen LogP contribution in [0.4, 0.5) is 0 Å². The molecule has 0 bridgehead atoms. The van der Waals surface area contributed by atoms with Gasteiger partial charge in [-0.15, -0.1) is 0 Å². The Morgan fingerprint density at radius 3 is 2.08 bits per heavy atom. The lowest BCUT2D eigenvalue weighted by molar-refractivity contribution is -0.278. The average Bonchev–Trinajstić information content (AvgIpc) is 2.84. The van der Waals surface area contributed by atoms with Gasteiger partial charge < -0.3 is 34.6 Å². The molecule has 2 aliphatic rings. The first kappa shape index (κ1) is 22.0. The smallest absolute Gasteiger partial charge is 0.217 e. The zero-order valence-corrected chi connectivity index (χ0v) is 16.6. The topological polar surface area (TPSA) is 109 Å². The standard InChI is InChI=1S/C19H36O7/c1-6-15-12(3)11(2)13(4)16(25-15)7-24-10-18(8-20)14(5)17(22)19(23,9-21)26-18/h11-17,20-23H,6-10H2,1-5H3/t11-,12+,13?,14-,15?,16-,17?,18+,19+/m1/s1. The zero-order chi connectivity index (χ0) is 19.7. The van der Waals surface area contributed by atoms with E-state index in [1.165, 1.54) is 0 Å². The van der Waals surface area contributed by atoms with E-state index in [-0.39, 0.29) is 18.8 Å². The Labute approximate surface area is 156 Å². The minimum atomic E-state index is -2.09.